The second-order valence-electron chi connectivity index (χ2n) is 4.55. The van der Waals surface area contributed by atoms with Gasteiger partial charge in [0.05, 0.1) is 0 Å². The molecule has 0 unspecified atom stereocenters. The summed E-state index contributed by atoms with van der Waals surface area (Å²) in [7, 11) is 0. The third-order valence-electron chi connectivity index (χ3n) is 2.86. The zero-order valence-corrected chi connectivity index (χ0v) is 10.6. The maximum Gasteiger partial charge on any atom is 0.242 e. The van der Waals surface area contributed by atoms with Crippen molar-refractivity contribution in [1.29, 1.82) is 0 Å². The third-order valence-corrected chi connectivity index (χ3v) is 2.86. The quantitative estimate of drug-likeness (QED) is 0.787. The standard InChI is InChI=1S/C13H20N4/c1-10-9-11(2)15-13(14-10)17-16-12-7-5-3-4-6-8-12/h7,9,16H,3-6,8H2,1-2H3,(H,14,15,17). The molecule has 4 nitrogen and oxygen atoms in total. The van der Waals surface area contributed by atoms with E-state index in [1.54, 1.807) is 0 Å². The van der Waals surface area contributed by atoms with Gasteiger partial charge in [-0.1, -0.05) is 12.5 Å². The van der Waals surface area contributed by atoms with Crippen LogP contribution in [0.25, 0.3) is 0 Å². The van der Waals surface area contributed by atoms with E-state index in [0.717, 1.165) is 24.2 Å². The first-order valence-electron chi connectivity index (χ1n) is 6.27. The molecule has 0 atom stereocenters. The van der Waals surface area contributed by atoms with Gasteiger partial charge in [0.1, 0.15) is 0 Å². The van der Waals surface area contributed by atoms with Crippen LogP contribution < -0.4 is 10.9 Å². The number of hydrogen-bond acceptors (Lipinski definition) is 4. The zero-order chi connectivity index (χ0) is 12.1. The molecule has 17 heavy (non-hydrogen) atoms. The lowest BCUT2D eigenvalue weighted by molar-refractivity contribution is 0.696. The van der Waals surface area contributed by atoms with Gasteiger partial charge in [0.15, 0.2) is 0 Å². The fourth-order valence-corrected chi connectivity index (χ4v) is 2.05. The van der Waals surface area contributed by atoms with E-state index >= 15 is 0 Å². The second kappa shape index (κ2) is 5.66. The van der Waals surface area contributed by atoms with Crippen molar-refractivity contribution in [1.82, 2.24) is 15.4 Å². The minimum absolute atomic E-state index is 0.646. The van der Waals surface area contributed by atoms with Crippen molar-refractivity contribution in [3.05, 3.63) is 29.2 Å². The summed E-state index contributed by atoms with van der Waals surface area (Å²) < 4.78 is 0. The Bertz CT molecular complexity index is 392. The van der Waals surface area contributed by atoms with Gasteiger partial charge in [-0.25, -0.2) is 9.97 Å². The average molecular weight is 232 g/mol. The summed E-state index contributed by atoms with van der Waals surface area (Å²) in [5.41, 5.74) is 9.52. The lowest BCUT2D eigenvalue weighted by Gasteiger charge is -2.11. The molecule has 92 valence electrons. The molecule has 0 bridgehead atoms. The van der Waals surface area contributed by atoms with Crippen molar-refractivity contribution in [2.24, 2.45) is 0 Å². The summed E-state index contributed by atoms with van der Waals surface area (Å²) in [5.74, 6) is 0.646. The molecule has 2 N–H and O–H groups in total. The molecule has 1 aliphatic carbocycles. The van der Waals surface area contributed by atoms with E-state index in [0.29, 0.717) is 5.95 Å². The summed E-state index contributed by atoms with van der Waals surface area (Å²) in [6, 6.07) is 1.97. The van der Waals surface area contributed by atoms with E-state index in [9.17, 15) is 0 Å². The highest BCUT2D eigenvalue weighted by molar-refractivity contribution is 5.27. The highest BCUT2D eigenvalue weighted by Crippen LogP contribution is 2.15. The monoisotopic (exact) mass is 232 g/mol. The highest BCUT2D eigenvalue weighted by atomic mass is 15.4. The van der Waals surface area contributed by atoms with Crippen molar-refractivity contribution < 1.29 is 0 Å². The normalized spacial score (nSPS) is 16.0. The Morgan fingerprint density at radius 3 is 2.53 bits per heavy atom. The Hall–Kier alpha value is -1.58. The van der Waals surface area contributed by atoms with E-state index in [-0.39, 0.29) is 0 Å². The van der Waals surface area contributed by atoms with Crippen LogP contribution in [-0.2, 0) is 0 Å². The van der Waals surface area contributed by atoms with Crippen LogP contribution in [0.1, 0.15) is 43.5 Å². The number of hydrazine groups is 1. The lowest BCUT2D eigenvalue weighted by Crippen LogP contribution is -2.22. The van der Waals surface area contributed by atoms with Gasteiger partial charge >= 0.3 is 0 Å². The molecule has 0 fully saturated rings. The molecule has 0 saturated heterocycles. The minimum Gasteiger partial charge on any atom is -0.303 e. The van der Waals surface area contributed by atoms with Gasteiger partial charge in [-0.2, -0.15) is 0 Å². The maximum atomic E-state index is 4.33. The molecular weight excluding hydrogens is 212 g/mol. The molecule has 2 rings (SSSR count). The molecule has 4 heteroatoms. The van der Waals surface area contributed by atoms with Gasteiger partial charge in [0.2, 0.25) is 5.95 Å². The van der Waals surface area contributed by atoms with Crippen LogP contribution >= 0.6 is 0 Å². The Morgan fingerprint density at radius 1 is 1.00 bits per heavy atom. The average Bonchev–Trinajstić information content (AvgIpc) is 2.53. The van der Waals surface area contributed by atoms with Crippen LogP contribution in [0.2, 0.25) is 0 Å². The number of nitrogens with zero attached hydrogens (tertiary/aromatic N) is 2. The number of anilines is 1. The number of aryl methyl sites for hydroxylation is 2. The van der Waals surface area contributed by atoms with Crippen molar-refractivity contribution in [3.8, 4) is 0 Å². The molecule has 1 aliphatic rings. The maximum absolute atomic E-state index is 4.33. The van der Waals surface area contributed by atoms with Crippen molar-refractivity contribution in [2.75, 3.05) is 5.43 Å². The van der Waals surface area contributed by atoms with Crippen LogP contribution in [0, 0.1) is 13.8 Å². The molecule has 1 aromatic heterocycles. The van der Waals surface area contributed by atoms with Crippen LogP contribution in [0.3, 0.4) is 0 Å². The smallest absolute Gasteiger partial charge is 0.242 e. The first-order chi connectivity index (χ1) is 8.24. The Morgan fingerprint density at radius 2 is 1.76 bits per heavy atom. The zero-order valence-electron chi connectivity index (χ0n) is 10.6. The number of allylic oxidation sites excluding steroid dienone is 2. The molecule has 0 aliphatic heterocycles. The number of hydrogen-bond donors (Lipinski definition) is 2. The SMILES string of the molecule is Cc1cc(C)nc(NNC2=CCCCCC2)n1. The second-order valence-corrected chi connectivity index (χ2v) is 4.55. The van der Waals surface area contributed by atoms with Crippen LogP contribution in [0.15, 0.2) is 17.8 Å². The Labute approximate surface area is 103 Å². The summed E-state index contributed by atoms with van der Waals surface area (Å²) >= 11 is 0. The minimum atomic E-state index is 0.646. The Kier molecular flexibility index (Phi) is 3.96. The van der Waals surface area contributed by atoms with Gasteiger partial charge < -0.3 is 5.43 Å². The van der Waals surface area contributed by atoms with Crippen molar-refractivity contribution >= 4 is 5.95 Å². The van der Waals surface area contributed by atoms with E-state index in [2.05, 4.69) is 26.9 Å². The fourth-order valence-electron chi connectivity index (χ4n) is 2.05. The fraction of sp³-hybridized carbons (Fsp3) is 0.538. The summed E-state index contributed by atoms with van der Waals surface area (Å²) in [6.07, 6.45) is 8.42. The molecular formula is C13H20N4. The van der Waals surface area contributed by atoms with Gasteiger partial charge in [0, 0.05) is 17.1 Å². The van der Waals surface area contributed by atoms with Crippen LogP contribution in [0.5, 0.6) is 0 Å². The predicted octanol–water partition coefficient (Wildman–Crippen LogP) is 2.86. The van der Waals surface area contributed by atoms with E-state index in [4.69, 9.17) is 0 Å². The number of nitrogens with one attached hydrogen (secondary N) is 2. The highest BCUT2D eigenvalue weighted by Gasteiger charge is 2.03. The number of aromatic nitrogens is 2. The van der Waals surface area contributed by atoms with Crippen molar-refractivity contribution in [3.63, 3.8) is 0 Å². The van der Waals surface area contributed by atoms with E-state index in [1.165, 1.54) is 25.0 Å². The van der Waals surface area contributed by atoms with Crippen LogP contribution in [0.4, 0.5) is 5.95 Å². The van der Waals surface area contributed by atoms with E-state index < -0.39 is 0 Å². The first-order valence-corrected chi connectivity index (χ1v) is 6.27. The first kappa shape index (κ1) is 11.9. The summed E-state index contributed by atoms with van der Waals surface area (Å²) in [5, 5.41) is 0. The molecule has 0 amide bonds. The van der Waals surface area contributed by atoms with Crippen LogP contribution in [-0.4, -0.2) is 9.97 Å². The molecule has 0 saturated carbocycles. The van der Waals surface area contributed by atoms with Gasteiger partial charge in [-0.3, -0.25) is 5.43 Å². The molecule has 1 heterocycles. The van der Waals surface area contributed by atoms with Gasteiger partial charge in [0.25, 0.3) is 0 Å². The molecule has 0 radical (unpaired) electrons. The van der Waals surface area contributed by atoms with E-state index in [1.807, 2.05) is 19.9 Å². The largest absolute Gasteiger partial charge is 0.303 e. The molecule has 1 aromatic rings. The third kappa shape index (κ3) is 3.73. The summed E-state index contributed by atoms with van der Waals surface area (Å²) in [4.78, 5) is 8.66. The lowest BCUT2D eigenvalue weighted by atomic mass is 10.2. The summed E-state index contributed by atoms with van der Waals surface area (Å²) in [6.45, 7) is 3.95. The molecule has 0 spiro atoms. The van der Waals surface area contributed by atoms with Crippen molar-refractivity contribution in [2.45, 2.75) is 46.0 Å². The predicted molar refractivity (Wildman–Crippen MR) is 69.4 cm³/mol. The topological polar surface area (TPSA) is 49.8 Å². The molecule has 0 aromatic carbocycles. The van der Waals surface area contributed by atoms with Gasteiger partial charge in [-0.15, -0.1) is 0 Å². The Balaban J connectivity index is 1.94. The van der Waals surface area contributed by atoms with Gasteiger partial charge in [-0.05, 0) is 45.6 Å². The number of rotatable bonds is 3.